The van der Waals surface area contributed by atoms with E-state index in [4.69, 9.17) is 4.55 Å². The predicted octanol–water partition coefficient (Wildman–Crippen LogP) is 1.12. The second kappa shape index (κ2) is 5.88. The first-order valence-corrected chi connectivity index (χ1v) is 7.85. The molecule has 110 valence electrons. The number of carbonyl (C=O) groups excluding carboxylic acids is 1. The van der Waals surface area contributed by atoms with Gasteiger partial charge in [-0.2, -0.15) is 8.42 Å². The summed E-state index contributed by atoms with van der Waals surface area (Å²) in [5, 5.41) is 0. The lowest BCUT2D eigenvalue weighted by atomic mass is 9.99. The van der Waals surface area contributed by atoms with E-state index in [0.717, 1.165) is 5.56 Å². The minimum atomic E-state index is -4.29. The van der Waals surface area contributed by atoms with Crippen LogP contribution in [-0.4, -0.2) is 42.7 Å². The van der Waals surface area contributed by atoms with E-state index < -0.39 is 40.3 Å². The number of likely N-dealkylation sites (tertiary alicyclic amines) is 1. The van der Waals surface area contributed by atoms with Crippen molar-refractivity contribution in [3.63, 3.8) is 0 Å². The molecule has 2 atom stereocenters. The van der Waals surface area contributed by atoms with Gasteiger partial charge in [0.1, 0.15) is 0 Å². The Morgan fingerprint density at radius 2 is 1.95 bits per heavy atom. The number of nitrogens with zero attached hydrogens (tertiary/aromatic N) is 1. The van der Waals surface area contributed by atoms with Crippen LogP contribution in [0.2, 0.25) is 0 Å². The predicted molar refractivity (Wildman–Crippen MR) is 71.2 cm³/mol. The standard InChI is InChI=1S/C13H16FNO4S/c14-6-11-8-15(7-10-4-2-1-3-5-10)13(16)12(11)9-20(17,18)19/h1-5,11-12H,6-9H2,(H,17,18,19)/t11-,12+/m1/s1. The van der Waals surface area contributed by atoms with Crippen molar-refractivity contribution in [1.82, 2.24) is 4.90 Å². The molecule has 0 radical (unpaired) electrons. The van der Waals surface area contributed by atoms with Crippen molar-refractivity contribution >= 4 is 16.0 Å². The molecule has 0 bridgehead atoms. The van der Waals surface area contributed by atoms with Gasteiger partial charge in [-0.15, -0.1) is 0 Å². The Kier molecular flexibility index (Phi) is 4.39. The van der Waals surface area contributed by atoms with Crippen molar-refractivity contribution < 1.29 is 22.2 Å². The molecule has 1 aromatic carbocycles. The largest absolute Gasteiger partial charge is 0.338 e. The number of benzene rings is 1. The molecule has 1 N–H and O–H groups in total. The Labute approximate surface area is 117 Å². The Bertz CT molecular complexity index is 575. The molecule has 0 saturated carbocycles. The van der Waals surface area contributed by atoms with Crippen LogP contribution in [0.3, 0.4) is 0 Å². The van der Waals surface area contributed by atoms with Crippen LogP contribution < -0.4 is 0 Å². The Morgan fingerprint density at radius 1 is 1.30 bits per heavy atom. The highest BCUT2D eigenvalue weighted by Crippen LogP contribution is 2.28. The molecule has 1 aromatic rings. The molecule has 1 fully saturated rings. The summed E-state index contributed by atoms with van der Waals surface area (Å²) in [7, 11) is -4.29. The first kappa shape index (κ1) is 14.9. The lowest BCUT2D eigenvalue weighted by Crippen LogP contribution is -2.30. The van der Waals surface area contributed by atoms with Crippen LogP contribution in [0.1, 0.15) is 5.56 Å². The molecule has 1 heterocycles. The first-order chi connectivity index (χ1) is 9.40. The molecule has 5 nitrogen and oxygen atoms in total. The summed E-state index contributed by atoms with van der Waals surface area (Å²) in [5.41, 5.74) is 0.894. The van der Waals surface area contributed by atoms with Crippen molar-refractivity contribution in [1.29, 1.82) is 0 Å². The molecule has 20 heavy (non-hydrogen) atoms. The van der Waals surface area contributed by atoms with E-state index in [1.807, 2.05) is 30.3 Å². The maximum atomic E-state index is 13.0. The van der Waals surface area contributed by atoms with Crippen molar-refractivity contribution in [3.05, 3.63) is 35.9 Å². The van der Waals surface area contributed by atoms with E-state index in [9.17, 15) is 17.6 Å². The Balaban J connectivity index is 2.12. The van der Waals surface area contributed by atoms with E-state index in [2.05, 4.69) is 0 Å². The number of hydrogen-bond acceptors (Lipinski definition) is 3. The molecule has 1 amide bonds. The third-order valence-corrected chi connectivity index (χ3v) is 4.24. The zero-order chi connectivity index (χ0) is 14.8. The topological polar surface area (TPSA) is 74.7 Å². The average Bonchev–Trinajstić information content (AvgIpc) is 2.67. The van der Waals surface area contributed by atoms with Crippen molar-refractivity contribution in [3.8, 4) is 0 Å². The average molecular weight is 301 g/mol. The van der Waals surface area contributed by atoms with Crippen LogP contribution >= 0.6 is 0 Å². The molecule has 2 rings (SSSR count). The number of carbonyl (C=O) groups is 1. The Hall–Kier alpha value is -1.47. The summed E-state index contributed by atoms with van der Waals surface area (Å²) in [4.78, 5) is 13.6. The van der Waals surface area contributed by atoms with Crippen molar-refractivity contribution in [2.24, 2.45) is 11.8 Å². The number of hydrogen-bond donors (Lipinski definition) is 1. The van der Waals surface area contributed by atoms with Crippen LogP contribution in [0.25, 0.3) is 0 Å². The van der Waals surface area contributed by atoms with Gasteiger partial charge in [0.25, 0.3) is 10.1 Å². The van der Waals surface area contributed by atoms with Crippen LogP contribution in [0.15, 0.2) is 30.3 Å². The summed E-state index contributed by atoms with van der Waals surface area (Å²) in [6.07, 6.45) is 0. The van der Waals surface area contributed by atoms with Crippen LogP contribution in [0.4, 0.5) is 4.39 Å². The highest BCUT2D eigenvalue weighted by Gasteiger charge is 2.42. The number of amides is 1. The fraction of sp³-hybridized carbons (Fsp3) is 0.462. The van der Waals surface area contributed by atoms with Gasteiger partial charge in [0, 0.05) is 19.0 Å². The van der Waals surface area contributed by atoms with E-state index in [-0.39, 0.29) is 6.54 Å². The normalized spacial score (nSPS) is 23.3. The molecule has 0 aromatic heterocycles. The molecule has 1 aliphatic rings. The van der Waals surface area contributed by atoms with Gasteiger partial charge < -0.3 is 4.90 Å². The second-order valence-electron chi connectivity index (χ2n) is 4.97. The minimum absolute atomic E-state index is 0.171. The zero-order valence-corrected chi connectivity index (χ0v) is 11.6. The summed E-state index contributed by atoms with van der Waals surface area (Å²) in [6, 6.07) is 9.19. The van der Waals surface area contributed by atoms with E-state index in [1.54, 1.807) is 0 Å². The van der Waals surface area contributed by atoms with Gasteiger partial charge in [-0.3, -0.25) is 13.7 Å². The van der Waals surface area contributed by atoms with E-state index >= 15 is 0 Å². The SMILES string of the molecule is O=C1[C@@H](CS(=O)(=O)O)[C@H](CF)CN1Cc1ccccc1. The van der Waals surface area contributed by atoms with Gasteiger partial charge >= 0.3 is 0 Å². The summed E-state index contributed by atoms with van der Waals surface area (Å²) in [5.74, 6) is -2.83. The molecule has 0 spiro atoms. The monoisotopic (exact) mass is 301 g/mol. The number of halogens is 1. The van der Waals surface area contributed by atoms with E-state index in [0.29, 0.717) is 6.54 Å². The van der Waals surface area contributed by atoms with Gasteiger partial charge in [-0.1, -0.05) is 30.3 Å². The highest BCUT2D eigenvalue weighted by molar-refractivity contribution is 7.85. The fourth-order valence-corrected chi connectivity index (χ4v) is 3.34. The summed E-state index contributed by atoms with van der Waals surface area (Å²) in [6.45, 7) is -0.292. The summed E-state index contributed by atoms with van der Waals surface area (Å²) >= 11 is 0. The molecular weight excluding hydrogens is 285 g/mol. The zero-order valence-electron chi connectivity index (χ0n) is 10.8. The van der Waals surface area contributed by atoms with Crippen LogP contribution in [0, 0.1) is 11.8 Å². The van der Waals surface area contributed by atoms with Gasteiger partial charge in [0.2, 0.25) is 5.91 Å². The molecule has 1 aliphatic heterocycles. The molecule has 0 aliphatic carbocycles. The minimum Gasteiger partial charge on any atom is -0.338 e. The van der Waals surface area contributed by atoms with Gasteiger partial charge in [-0.05, 0) is 5.56 Å². The third-order valence-electron chi connectivity index (χ3n) is 3.46. The fourth-order valence-electron chi connectivity index (χ4n) is 2.47. The van der Waals surface area contributed by atoms with Gasteiger partial charge in [0.15, 0.2) is 0 Å². The van der Waals surface area contributed by atoms with Crippen LogP contribution in [-0.2, 0) is 21.5 Å². The second-order valence-corrected chi connectivity index (χ2v) is 6.47. The molecule has 0 unspecified atom stereocenters. The highest BCUT2D eigenvalue weighted by atomic mass is 32.2. The van der Waals surface area contributed by atoms with Gasteiger partial charge in [0.05, 0.1) is 18.3 Å². The molecule has 1 saturated heterocycles. The van der Waals surface area contributed by atoms with Crippen molar-refractivity contribution in [2.75, 3.05) is 19.0 Å². The maximum absolute atomic E-state index is 13.0. The lowest BCUT2D eigenvalue weighted by Gasteiger charge is -2.16. The van der Waals surface area contributed by atoms with Crippen LogP contribution in [0.5, 0.6) is 0 Å². The lowest BCUT2D eigenvalue weighted by molar-refractivity contribution is -0.131. The van der Waals surface area contributed by atoms with Gasteiger partial charge in [-0.25, -0.2) is 0 Å². The molecule has 7 heteroatoms. The maximum Gasteiger partial charge on any atom is 0.265 e. The smallest absolute Gasteiger partial charge is 0.265 e. The summed E-state index contributed by atoms with van der Waals surface area (Å²) < 4.78 is 43.7. The Morgan fingerprint density at radius 3 is 2.50 bits per heavy atom. The quantitative estimate of drug-likeness (QED) is 0.827. The number of rotatable bonds is 5. The first-order valence-electron chi connectivity index (χ1n) is 6.24. The van der Waals surface area contributed by atoms with Crippen molar-refractivity contribution in [2.45, 2.75) is 6.54 Å². The molecular formula is C13H16FNO4S. The number of alkyl halides is 1. The third kappa shape index (κ3) is 3.55. The van der Waals surface area contributed by atoms with E-state index in [1.165, 1.54) is 4.90 Å².